The maximum absolute atomic E-state index is 11.6. The number of carbonyl (C=O) groups is 2. The fourth-order valence-corrected chi connectivity index (χ4v) is 1.61. The van der Waals surface area contributed by atoms with Gasteiger partial charge in [0.25, 0.3) is 0 Å². The molecular weight excluding hydrogens is 286 g/mol. The largest absolute Gasteiger partial charge is 0.459 e. The van der Waals surface area contributed by atoms with Crippen molar-refractivity contribution >= 4 is 27.8 Å². The van der Waals surface area contributed by atoms with E-state index in [2.05, 4.69) is 21.2 Å². The smallest absolute Gasteiger partial charge is 0.320 e. The highest BCUT2D eigenvalue weighted by Crippen LogP contribution is 2.16. The summed E-state index contributed by atoms with van der Waals surface area (Å²) in [5, 5.41) is 2.72. The first-order valence-corrected chi connectivity index (χ1v) is 6.75. The maximum Gasteiger partial charge on any atom is 0.320 e. The molecule has 0 aliphatic heterocycles. The molecule has 0 saturated carbocycles. The molecule has 0 radical (unpaired) electrons. The first-order chi connectivity index (χ1) is 7.72. The van der Waals surface area contributed by atoms with Crippen molar-refractivity contribution in [2.24, 2.45) is 0 Å². The van der Waals surface area contributed by atoms with Crippen LogP contribution in [0.4, 0.5) is 0 Å². The molecule has 4 nitrogen and oxygen atoms in total. The Kier molecular flexibility index (Phi) is 7.43. The number of alkyl halides is 1. The number of ether oxygens (including phenoxy) is 1. The number of nitrogens with one attached hydrogen (secondary N) is 1. The molecule has 0 aromatic heterocycles. The molecular formula is C12H22BrNO3. The van der Waals surface area contributed by atoms with Gasteiger partial charge in [-0.15, -0.1) is 0 Å². The standard InChI is InChI=1S/C12H22BrNO3/c1-9(15)14-8-6-5-7-10(13)11(16)17-12(2,3)4/h10H,5-8H2,1-4H3,(H,14,15). The monoisotopic (exact) mass is 307 g/mol. The molecule has 1 N–H and O–H groups in total. The SMILES string of the molecule is CC(=O)NCCCCC(Br)C(=O)OC(C)(C)C. The third kappa shape index (κ3) is 10.3. The van der Waals surface area contributed by atoms with E-state index in [4.69, 9.17) is 4.74 Å². The molecule has 0 saturated heterocycles. The van der Waals surface area contributed by atoms with Gasteiger partial charge in [-0.2, -0.15) is 0 Å². The second-order valence-corrected chi connectivity index (χ2v) is 6.09. The van der Waals surface area contributed by atoms with Gasteiger partial charge < -0.3 is 10.1 Å². The average Bonchev–Trinajstić information content (AvgIpc) is 2.13. The van der Waals surface area contributed by atoms with E-state index in [0.29, 0.717) is 13.0 Å². The first-order valence-electron chi connectivity index (χ1n) is 5.84. The van der Waals surface area contributed by atoms with E-state index in [0.717, 1.165) is 12.8 Å². The van der Waals surface area contributed by atoms with Gasteiger partial charge in [-0.25, -0.2) is 0 Å². The normalized spacial score (nSPS) is 13.0. The van der Waals surface area contributed by atoms with Gasteiger partial charge >= 0.3 is 5.97 Å². The van der Waals surface area contributed by atoms with Crippen LogP contribution in [0.1, 0.15) is 47.0 Å². The molecule has 0 heterocycles. The van der Waals surface area contributed by atoms with Gasteiger partial charge in [0, 0.05) is 13.5 Å². The van der Waals surface area contributed by atoms with Crippen molar-refractivity contribution in [3.8, 4) is 0 Å². The summed E-state index contributed by atoms with van der Waals surface area (Å²) in [5.74, 6) is -0.246. The van der Waals surface area contributed by atoms with Crippen molar-refractivity contribution in [1.82, 2.24) is 5.32 Å². The van der Waals surface area contributed by atoms with Crippen molar-refractivity contribution < 1.29 is 14.3 Å². The van der Waals surface area contributed by atoms with E-state index in [1.54, 1.807) is 0 Å². The summed E-state index contributed by atoms with van der Waals surface area (Å²) >= 11 is 3.32. The minimum Gasteiger partial charge on any atom is -0.459 e. The Morgan fingerprint density at radius 2 is 1.88 bits per heavy atom. The van der Waals surface area contributed by atoms with Crippen LogP contribution in [0.3, 0.4) is 0 Å². The number of carbonyl (C=O) groups excluding carboxylic acids is 2. The number of hydrogen-bond donors (Lipinski definition) is 1. The van der Waals surface area contributed by atoms with E-state index in [9.17, 15) is 9.59 Å². The number of amides is 1. The Balaban J connectivity index is 3.68. The molecule has 0 aliphatic carbocycles. The Bertz CT molecular complexity index is 261. The minimum atomic E-state index is -0.445. The fourth-order valence-electron chi connectivity index (χ4n) is 1.20. The summed E-state index contributed by atoms with van der Waals surface area (Å²) in [4.78, 5) is 21.9. The third-order valence-electron chi connectivity index (χ3n) is 1.92. The molecule has 0 rings (SSSR count). The highest BCUT2D eigenvalue weighted by atomic mass is 79.9. The predicted molar refractivity (Wildman–Crippen MR) is 71.1 cm³/mol. The van der Waals surface area contributed by atoms with Crippen molar-refractivity contribution in [3.63, 3.8) is 0 Å². The lowest BCUT2D eigenvalue weighted by atomic mass is 10.1. The van der Waals surface area contributed by atoms with Crippen molar-refractivity contribution in [2.75, 3.05) is 6.54 Å². The summed E-state index contributed by atoms with van der Waals surface area (Å²) in [6, 6.07) is 0. The first kappa shape index (κ1) is 16.4. The highest BCUT2D eigenvalue weighted by Gasteiger charge is 2.22. The van der Waals surface area contributed by atoms with E-state index < -0.39 is 5.60 Å². The van der Waals surface area contributed by atoms with E-state index in [1.165, 1.54) is 6.92 Å². The molecule has 0 aromatic rings. The Morgan fingerprint density at radius 1 is 1.29 bits per heavy atom. The van der Waals surface area contributed by atoms with Gasteiger partial charge in [0.05, 0.1) is 0 Å². The molecule has 1 amide bonds. The quantitative estimate of drug-likeness (QED) is 0.466. The number of rotatable bonds is 6. The van der Waals surface area contributed by atoms with E-state index in [1.807, 2.05) is 20.8 Å². The number of halogens is 1. The van der Waals surface area contributed by atoms with E-state index >= 15 is 0 Å². The Hall–Kier alpha value is -0.580. The zero-order chi connectivity index (χ0) is 13.5. The van der Waals surface area contributed by atoms with Gasteiger partial charge in [0.1, 0.15) is 10.4 Å². The molecule has 0 aliphatic rings. The summed E-state index contributed by atoms with van der Waals surface area (Å²) in [7, 11) is 0. The molecule has 100 valence electrons. The molecule has 0 fully saturated rings. The maximum atomic E-state index is 11.6. The Morgan fingerprint density at radius 3 is 2.35 bits per heavy atom. The van der Waals surface area contributed by atoms with Crippen LogP contribution in [-0.2, 0) is 14.3 Å². The fraction of sp³-hybridized carbons (Fsp3) is 0.833. The lowest BCUT2D eigenvalue weighted by molar-refractivity contribution is -0.154. The molecule has 0 spiro atoms. The van der Waals surface area contributed by atoms with Crippen molar-refractivity contribution in [1.29, 1.82) is 0 Å². The number of esters is 1. The molecule has 1 atom stereocenters. The third-order valence-corrected chi connectivity index (χ3v) is 2.75. The van der Waals surface area contributed by atoms with Gasteiger partial charge in [-0.05, 0) is 40.0 Å². The van der Waals surface area contributed by atoms with Crippen molar-refractivity contribution in [3.05, 3.63) is 0 Å². The molecule has 5 heteroatoms. The second-order valence-electron chi connectivity index (χ2n) is 4.98. The Labute approximate surface area is 112 Å². The molecule has 1 unspecified atom stereocenters. The van der Waals surface area contributed by atoms with Crippen LogP contribution in [0, 0.1) is 0 Å². The molecule has 0 bridgehead atoms. The zero-order valence-corrected chi connectivity index (χ0v) is 12.6. The summed E-state index contributed by atoms with van der Waals surface area (Å²) in [6.45, 7) is 7.70. The number of hydrogen-bond acceptors (Lipinski definition) is 3. The van der Waals surface area contributed by atoms with Crippen LogP contribution in [0.15, 0.2) is 0 Å². The summed E-state index contributed by atoms with van der Waals surface area (Å²) < 4.78 is 5.24. The van der Waals surface area contributed by atoms with Gasteiger partial charge in [0.2, 0.25) is 5.91 Å². The lowest BCUT2D eigenvalue weighted by Gasteiger charge is -2.21. The van der Waals surface area contributed by atoms with Crippen LogP contribution in [0.2, 0.25) is 0 Å². The van der Waals surface area contributed by atoms with Crippen LogP contribution >= 0.6 is 15.9 Å². The predicted octanol–water partition coefficient (Wildman–Crippen LogP) is 2.40. The number of unbranched alkanes of at least 4 members (excludes halogenated alkanes) is 1. The lowest BCUT2D eigenvalue weighted by Crippen LogP contribution is -2.29. The zero-order valence-electron chi connectivity index (χ0n) is 11.0. The average molecular weight is 308 g/mol. The van der Waals surface area contributed by atoms with Gasteiger partial charge in [0.15, 0.2) is 0 Å². The van der Waals surface area contributed by atoms with Crippen LogP contribution < -0.4 is 5.32 Å². The van der Waals surface area contributed by atoms with Gasteiger partial charge in [-0.1, -0.05) is 15.9 Å². The van der Waals surface area contributed by atoms with E-state index in [-0.39, 0.29) is 16.7 Å². The summed E-state index contributed by atoms with van der Waals surface area (Å²) in [5.41, 5.74) is -0.445. The minimum absolute atomic E-state index is 0.0208. The van der Waals surface area contributed by atoms with Crippen LogP contribution in [-0.4, -0.2) is 28.8 Å². The second kappa shape index (κ2) is 7.69. The molecule has 0 aromatic carbocycles. The summed E-state index contributed by atoms with van der Waals surface area (Å²) in [6.07, 6.45) is 2.45. The van der Waals surface area contributed by atoms with Crippen LogP contribution in [0.5, 0.6) is 0 Å². The van der Waals surface area contributed by atoms with Crippen LogP contribution in [0.25, 0.3) is 0 Å². The van der Waals surface area contributed by atoms with Gasteiger partial charge in [-0.3, -0.25) is 9.59 Å². The highest BCUT2D eigenvalue weighted by molar-refractivity contribution is 9.10. The van der Waals surface area contributed by atoms with Crippen molar-refractivity contribution in [2.45, 2.75) is 57.4 Å². The topological polar surface area (TPSA) is 55.4 Å². The molecule has 17 heavy (non-hydrogen) atoms.